The topological polar surface area (TPSA) is 50.4 Å². The monoisotopic (exact) mass is 401 g/mol. The molecule has 2 aromatic rings. The van der Waals surface area contributed by atoms with Crippen LogP contribution < -0.4 is 0 Å². The van der Waals surface area contributed by atoms with Crippen LogP contribution in [-0.4, -0.2) is 27.1 Å². The lowest BCUT2D eigenvalue weighted by atomic mass is 9.66. The average Bonchev–Trinajstić information content (AvgIpc) is 3.27. The van der Waals surface area contributed by atoms with Crippen molar-refractivity contribution in [3.05, 3.63) is 65.0 Å². The SMILES string of the molecule is CC1CC=C(n2ncc3c2C=C2CCC(CC(C)(O)c4ccccc4)C2(C)C3)C=N1. The molecule has 156 valence electrons. The van der Waals surface area contributed by atoms with E-state index in [9.17, 15) is 5.11 Å². The molecule has 0 saturated heterocycles. The molecule has 0 spiro atoms. The van der Waals surface area contributed by atoms with E-state index in [0.29, 0.717) is 12.0 Å². The van der Waals surface area contributed by atoms with Crippen molar-refractivity contribution in [2.45, 2.75) is 64.5 Å². The lowest BCUT2D eigenvalue weighted by Crippen LogP contribution is -2.34. The van der Waals surface area contributed by atoms with Crippen molar-refractivity contribution in [1.82, 2.24) is 9.78 Å². The molecule has 1 aromatic heterocycles. The van der Waals surface area contributed by atoms with Crippen molar-refractivity contribution >= 4 is 18.0 Å². The number of rotatable bonds is 4. The van der Waals surface area contributed by atoms with E-state index in [1.807, 2.05) is 49.7 Å². The molecule has 1 aliphatic heterocycles. The van der Waals surface area contributed by atoms with Gasteiger partial charge in [-0.25, -0.2) is 4.68 Å². The molecule has 0 amide bonds. The first-order valence-electron chi connectivity index (χ1n) is 11.2. The molecule has 4 nitrogen and oxygen atoms in total. The average molecular weight is 402 g/mol. The standard InChI is InChI=1S/C26H31N3O/c1-18-9-12-23(17-27-18)29-24-13-21-10-11-22(25(21,2)14-19(24)16-28-29)15-26(3,30)20-7-5-4-6-8-20/h4-8,12-13,16-18,22,30H,9-11,14-15H2,1-3H3. The Balaban J connectivity index is 1.43. The van der Waals surface area contributed by atoms with E-state index >= 15 is 0 Å². The van der Waals surface area contributed by atoms with Gasteiger partial charge in [-0.2, -0.15) is 5.10 Å². The van der Waals surface area contributed by atoms with Gasteiger partial charge in [0.05, 0.1) is 29.2 Å². The lowest BCUT2D eigenvalue weighted by molar-refractivity contribution is 0.0141. The number of hydrogen-bond acceptors (Lipinski definition) is 3. The Morgan fingerprint density at radius 1 is 1.27 bits per heavy atom. The number of dihydropyridines is 1. The molecule has 0 bridgehead atoms. The molecule has 4 unspecified atom stereocenters. The Morgan fingerprint density at radius 3 is 2.80 bits per heavy atom. The minimum absolute atomic E-state index is 0.0865. The molecule has 1 saturated carbocycles. The fraction of sp³-hybridized carbons (Fsp3) is 0.462. The molecule has 1 aromatic carbocycles. The summed E-state index contributed by atoms with van der Waals surface area (Å²) < 4.78 is 2.06. The summed E-state index contributed by atoms with van der Waals surface area (Å²) >= 11 is 0. The quantitative estimate of drug-likeness (QED) is 0.762. The molecule has 3 aliphatic rings. The maximum absolute atomic E-state index is 11.3. The number of aliphatic imine (C=N–C) groups is 1. The van der Waals surface area contributed by atoms with E-state index < -0.39 is 5.60 Å². The summed E-state index contributed by atoms with van der Waals surface area (Å²) in [7, 11) is 0. The summed E-state index contributed by atoms with van der Waals surface area (Å²) in [5.41, 5.74) is 5.39. The number of hydrogen-bond donors (Lipinski definition) is 1. The van der Waals surface area contributed by atoms with Gasteiger partial charge in [0.15, 0.2) is 0 Å². The van der Waals surface area contributed by atoms with E-state index in [4.69, 9.17) is 5.10 Å². The van der Waals surface area contributed by atoms with Gasteiger partial charge in [-0.3, -0.25) is 4.99 Å². The summed E-state index contributed by atoms with van der Waals surface area (Å²) in [5.74, 6) is 0.451. The van der Waals surface area contributed by atoms with Crippen LogP contribution in [0, 0.1) is 11.3 Å². The highest BCUT2D eigenvalue weighted by atomic mass is 16.3. The highest BCUT2D eigenvalue weighted by Crippen LogP contribution is 2.56. The second-order valence-electron chi connectivity index (χ2n) is 9.80. The fourth-order valence-corrected chi connectivity index (χ4v) is 5.61. The maximum Gasteiger partial charge on any atom is 0.0871 e. The zero-order valence-electron chi connectivity index (χ0n) is 18.2. The summed E-state index contributed by atoms with van der Waals surface area (Å²) in [6.45, 7) is 6.50. The zero-order chi connectivity index (χ0) is 20.9. The van der Waals surface area contributed by atoms with Gasteiger partial charge in [-0.1, -0.05) is 48.9 Å². The van der Waals surface area contributed by atoms with Crippen molar-refractivity contribution in [2.75, 3.05) is 0 Å². The van der Waals surface area contributed by atoms with Crippen LogP contribution in [0.4, 0.5) is 0 Å². The summed E-state index contributed by atoms with van der Waals surface area (Å²) in [5, 5.41) is 16.0. The molecule has 0 radical (unpaired) electrons. The van der Waals surface area contributed by atoms with Gasteiger partial charge in [0.25, 0.3) is 0 Å². The van der Waals surface area contributed by atoms with Crippen LogP contribution in [0.15, 0.2) is 53.2 Å². The number of nitrogens with zero attached hydrogens (tertiary/aromatic N) is 3. The maximum atomic E-state index is 11.3. The van der Waals surface area contributed by atoms with Gasteiger partial charge in [0.1, 0.15) is 0 Å². The highest BCUT2D eigenvalue weighted by molar-refractivity contribution is 6.03. The summed E-state index contributed by atoms with van der Waals surface area (Å²) in [6.07, 6.45) is 13.6. The minimum Gasteiger partial charge on any atom is -0.385 e. The van der Waals surface area contributed by atoms with Crippen molar-refractivity contribution in [2.24, 2.45) is 16.3 Å². The highest BCUT2D eigenvalue weighted by Gasteiger charge is 2.47. The van der Waals surface area contributed by atoms with Crippen LogP contribution in [0.3, 0.4) is 0 Å². The predicted molar refractivity (Wildman–Crippen MR) is 122 cm³/mol. The van der Waals surface area contributed by atoms with Crippen molar-refractivity contribution < 1.29 is 5.11 Å². The third-order valence-electron chi connectivity index (χ3n) is 7.57. The Kier molecular flexibility index (Phi) is 4.59. The molecule has 2 heterocycles. The normalized spacial score (nSPS) is 29.6. The Bertz CT molecular complexity index is 1040. The zero-order valence-corrected chi connectivity index (χ0v) is 18.2. The van der Waals surface area contributed by atoms with E-state index in [0.717, 1.165) is 43.4 Å². The first-order valence-corrected chi connectivity index (χ1v) is 11.2. The smallest absolute Gasteiger partial charge is 0.0871 e. The molecule has 30 heavy (non-hydrogen) atoms. The third-order valence-corrected chi connectivity index (χ3v) is 7.57. The third kappa shape index (κ3) is 3.18. The van der Waals surface area contributed by atoms with Gasteiger partial charge >= 0.3 is 0 Å². The molecule has 4 heteroatoms. The second kappa shape index (κ2) is 7.05. The van der Waals surface area contributed by atoms with Gasteiger partial charge < -0.3 is 5.11 Å². The largest absolute Gasteiger partial charge is 0.385 e. The van der Waals surface area contributed by atoms with Gasteiger partial charge in [0, 0.05) is 6.21 Å². The van der Waals surface area contributed by atoms with E-state index in [1.54, 1.807) is 0 Å². The number of aliphatic hydroxyl groups is 1. The minimum atomic E-state index is -0.811. The molecule has 1 N–H and O–H groups in total. The number of aromatic nitrogens is 2. The van der Waals surface area contributed by atoms with Gasteiger partial charge in [0.2, 0.25) is 0 Å². The molecule has 1 fully saturated rings. The number of allylic oxidation sites excluding steroid dienone is 2. The summed E-state index contributed by atoms with van der Waals surface area (Å²) in [6, 6.07) is 10.5. The van der Waals surface area contributed by atoms with Crippen LogP contribution >= 0.6 is 0 Å². The van der Waals surface area contributed by atoms with Crippen LogP contribution in [0.25, 0.3) is 11.8 Å². The Hall–Kier alpha value is -2.46. The Labute approximate surface area is 179 Å². The van der Waals surface area contributed by atoms with Crippen LogP contribution in [0.5, 0.6) is 0 Å². The summed E-state index contributed by atoms with van der Waals surface area (Å²) in [4.78, 5) is 4.57. The van der Waals surface area contributed by atoms with Crippen molar-refractivity contribution in [1.29, 1.82) is 0 Å². The Morgan fingerprint density at radius 2 is 2.07 bits per heavy atom. The van der Waals surface area contributed by atoms with Crippen molar-refractivity contribution in [3.8, 4) is 0 Å². The first kappa shape index (κ1) is 19.5. The predicted octanol–water partition coefficient (Wildman–Crippen LogP) is 5.24. The molecule has 4 atom stereocenters. The van der Waals surface area contributed by atoms with Crippen LogP contribution in [-0.2, 0) is 12.0 Å². The van der Waals surface area contributed by atoms with Gasteiger partial charge in [-0.05, 0) is 74.5 Å². The van der Waals surface area contributed by atoms with Crippen LogP contribution in [0.1, 0.15) is 63.3 Å². The van der Waals surface area contributed by atoms with Gasteiger partial charge in [-0.15, -0.1) is 0 Å². The fourth-order valence-electron chi connectivity index (χ4n) is 5.61. The van der Waals surface area contributed by atoms with E-state index in [-0.39, 0.29) is 5.41 Å². The first-order chi connectivity index (χ1) is 14.4. The molecule has 5 rings (SSSR count). The van der Waals surface area contributed by atoms with E-state index in [2.05, 4.69) is 35.7 Å². The van der Waals surface area contributed by atoms with Crippen molar-refractivity contribution in [3.63, 3.8) is 0 Å². The van der Waals surface area contributed by atoms with Crippen LogP contribution in [0.2, 0.25) is 0 Å². The number of fused-ring (bicyclic) bond motifs is 2. The van der Waals surface area contributed by atoms with E-state index in [1.165, 1.54) is 16.8 Å². The lowest BCUT2D eigenvalue weighted by Gasteiger charge is -2.39. The molecule has 2 aliphatic carbocycles. The number of benzene rings is 1. The molecular weight excluding hydrogens is 370 g/mol. The second-order valence-corrected chi connectivity index (χ2v) is 9.80. The molecular formula is C26H31N3O.